The number of esters is 2. The highest BCUT2D eigenvalue weighted by Gasteiger charge is 2.77. The summed E-state index contributed by atoms with van der Waals surface area (Å²) in [5, 5.41) is 0. The van der Waals surface area contributed by atoms with Gasteiger partial charge in [-0.1, -0.05) is 18.6 Å². The van der Waals surface area contributed by atoms with Gasteiger partial charge in [0.1, 0.15) is 0 Å². The largest absolute Gasteiger partial charge is 0.440 e. The SMILES string of the molecule is C/C=C1\CC(C)CC(CC(OC(C)=O)(C(F)(F)F)C(F)(F)F)C1CC(OC(C)=O)(C(F)(F)F)C(F)(F)F. The Hall–Kier alpha value is -2.16. The maximum Gasteiger partial charge on any atom is 0.437 e. The van der Waals surface area contributed by atoms with E-state index in [0.29, 0.717) is 0 Å². The van der Waals surface area contributed by atoms with Crippen molar-refractivity contribution in [3.8, 4) is 0 Å². The minimum atomic E-state index is -6.34. The van der Waals surface area contributed by atoms with E-state index in [1.807, 2.05) is 0 Å². The molecule has 0 spiro atoms. The van der Waals surface area contributed by atoms with Gasteiger partial charge >= 0.3 is 47.8 Å². The Morgan fingerprint density at radius 1 is 0.757 bits per heavy atom. The van der Waals surface area contributed by atoms with Crippen LogP contribution in [0.3, 0.4) is 0 Å². The Bertz CT molecular complexity index is 839. The first kappa shape index (κ1) is 32.9. The summed E-state index contributed by atoms with van der Waals surface area (Å²) in [5.74, 6) is -9.19. The quantitative estimate of drug-likeness (QED) is 0.193. The fraction of sp³-hybridized carbons (Fsp3) is 0.810. The van der Waals surface area contributed by atoms with Gasteiger partial charge in [-0.3, -0.25) is 9.59 Å². The van der Waals surface area contributed by atoms with E-state index >= 15 is 0 Å². The molecule has 1 saturated carbocycles. The van der Waals surface area contributed by atoms with Gasteiger partial charge in [0.25, 0.3) is 0 Å². The van der Waals surface area contributed by atoms with Crippen LogP contribution in [0.5, 0.6) is 0 Å². The lowest BCUT2D eigenvalue weighted by Gasteiger charge is -2.46. The molecule has 1 rings (SSSR count). The van der Waals surface area contributed by atoms with E-state index in [1.54, 1.807) is 0 Å². The minimum Gasteiger partial charge on any atom is -0.440 e. The maximum absolute atomic E-state index is 13.9. The molecule has 0 amide bonds. The Labute approximate surface area is 203 Å². The van der Waals surface area contributed by atoms with Crippen molar-refractivity contribution in [3.63, 3.8) is 0 Å². The molecule has 0 N–H and O–H groups in total. The number of carbonyl (C=O) groups is 2. The standard InChI is InChI=1S/C21H24F12O4/c1-5-13-6-10(2)7-14(8-16(18(22,23)24,19(25,26)27)36-11(3)34)15(13)9-17(20(28,29)30,21(31,32)33)37-12(4)35/h5,10,14-15H,6-9H2,1-4H3/b13-5+. The van der Waals surface area contributed by atoms with E-state index in [9.17, 15) is 62.3 Å². The lowest BCUT2D eigenvalue weighted by molar-refractivity contribution is -0.380. The van der Waals surface area contributed by atoms with E-state index in [2.05, 4.69) is 9.47 Å². The molecule has 0 radical (unpaired) electrons. The van der Waals surface area contributed by atoms with Gasteiger partial charge in [0, 0.05) is 26.7 Å². The first-order valence-corrected chi connectivity index (χ1v) is 10.7. The van der Waals surface area contributed by atoms with Gasteiger partial charge < -0.3 is 9.47 Å². The van der Waals surface area contributed by atoms with Crippen LogP contribution in [-0.4, -0.2) is 47.8 Å². The summed E-state index contributed by atoms with van der Waals surface area (Å²) in [5.41, 5.74) is -10.7. The van der Waals surface area contributed by atoms with Crippen LogP contribution in [-0.2, 0) is 19.1 Å². The van der Waals surface area contributed by atoms with Crippen molar-refractivity contribution in [1.82, 2.24) is 0 Å². The summed E-state index contributed by atoms with van der Waals surface area (Å²) in [7, 11) is 0. The number of allylic oxidation sites excluding steroid dienone is 2. The van der Waals surface area contributed by atoms with Crippen LogP contribution >= 0.6 is 0 Å². The van der Waals surface area contributed by atoms with E-state index in [4.69, 9.17) is 0 Å². The number of hydrogen-bond donors (Lipinski definition) is 0. The van der Waals surface area contributed by atoms with Gasteiger partial charge in [-0.15, -0.1) is 0 Å². The molecule has 1 fully saturated rings. The molecular weight excluding hydrogens is 544 g/mol. The van der Waals surface area contributed by atoms with Gasteiger partial charge in [-0.2, -0.15) is 52.7 Å². The lowest BCUT2D eigenvalue weighted by Crippen LogP contribution is -2.63. The summed E-state index contributed by atoms with van der Waals surface area (Å²) >= 11 is 0. The van der Waals surface area contributed by atoms with Crippen LogP contribution in [0, 0.1) is 17.8 Å². The van der Waals surface area contributed by atoms with Crippen LogP contribution in [0.1, 0.15) is 53.4 Å². The van der Waals surface area contributed by atoms with Crippen molar-refractivity contribution in [1.29, 1.82) is 0 Å². The number of rotatable bonds is 6. The zero-order valence-corrected chi connectivity index (χ0v) is 19.8. The predicted molar refractivity (Wildman–Crippen MR) is 102 cm³/mol. The molecule has 0 aromatic heterocycles. The number of carbonyl (C=O) groups excluding carboxylic acids is 2. The summed E-state index contributed by atoms with van der Waals surface area (Å²) in [6.07, 6.45) is -29.7. The second kappa shape index (κ2) is 10.5. The average Bonchev–Trinajstić information content (AvgIpc) is 2.63. The molecule has 1 aliphatic carbocycles. The third-order valence-corrected chi connectivity index (χ3v) is 6.23. The Balaban J connectivity index is 3.88. The molecule has 0 aromatic carbocycles. The molecule has 0 aromatic rings. The first-order valence-electron chi connectivity index (χ1n) is 10.7. The van der Waals surface area contributed by atoms with E-state index < -0.39 is 84.9 Å². The third kappa shape index (κ3) is 6.65. The highest BCUT2D eigenvalue weighted by molar-refractivity contribution is 5.67. The molecule has 3 unspecified atom stereocenters. The van der Waals surface area contributed by atoms with Gasteiger partial charge in [0.05, 0.1) is 0 Å². The molecule has 0 aliphatic heterocycles. The second-order valence-electron chi connectivity index (χ2n) is 9.02. The van der Waals surface area contributed by atoms with Crippen LogP contribution in [0.15, 0.2) is 11.6 Å². The molecule has 0 bridgehead atoms. The molecule has 3 atom stereocenters. The Morgan fingerprint density at radius 3 is 1.41 bits per heavy atom. The van der Waals surface area contributed by atoms with Crippen LogP contribution in [0.2, 0.25) is 0 Å². The highest BCUT2D eigenvalue weighted by Crippen LogP contribution is 2.57. The summed E-state index contributed by atoms with van der Waals surface area (Å²) in [6, 6.07) is 0. The molecule has 0 saturated heterocycles. The van der Waals surface area contributed by atoms with Crippen molar-refractivity contribution in [2.75, 3.05) is 0 Å². The van der Waals surface area contributed by atoms with Crippen molar-refractivity contribution in [2.45, 2.75) is 89.3 Å². The van der Waals surface area contributed by atoms with Crippen molar-refractivity contribution in [2.24, 2.45) is 17.8 Å². The van der Waals surface area contributed by atoms with Gasteiger partial charge in [-0.25, -0.2) is 0 Å². The minimum absolute atomic E-state index is 0.238. The molecule has 1 aliphatic rings. The van der Waals surface area contributed by atoms with E-state index in [0.717, 1.165) is 13.0 Å². The zero-order chi connectivity index (χ0) is 29.4. The fourth-order valence-corrected chi connectivity index (χ4v) is 4.74. The van der Waals surface area contributed by atoms with Crippen molar-refractivity contribution in [3.05, 3.63) is 11.6 Å². The average molecular weight is 568 g/mol. The van der Waals surface area contributed by atoms with Gasteiger partial charge in [-0.05, 0) is 37.5 Å². The topological polar surface area (TPSA) is 52.6 Å². The summed E-state index contributed by atoms with van der Waals surface area (Å²) in [4.78, 5) is 22.6. The molecule has 4 nitrogen and oxygen atoms in total. The van der Waals surface area contributed by atoms with Crippen LogP contribution in [0.4, 0.5) is 52.7 Å². The fourth-order valence-electron chi connectivity index (χ4n) is 4.74. The van der Waals surface area contributed by atoms with Crippen molar-refractivity contribution >= 4 is 11.9 Å². The Kier molecular flexibility index (Phi) is 9.36. The molecule has 37 heavy (non-hydrogen) atoms. The van der Waals surface area contributed by atoms with Crippen LogP contribution in [0.25, 0.3) is 0 Å². The Morgan fingerprint density at radius 2 is 1.11 bits per heavy atom. The maximum atomic E-state index is 13.9. The second-order valence-corrected chi connectivity index (χ2v) is 9.02. The summed E-state index contributed by atoms with van der Waals surface area (Å²) in [6.45, 7) is 2.94. The number of alkyl halides is 12. The van der Waals surface area contributed by atoms with Crippen molar-refractivity contribution < 1.29 is 71.7 Å². The van der Waals surface area contributed by atoms with E-state index in [1.165, 1.54) is 6.92 Å². The first-order chi connectivity index (χ1) is 16.3. The number of hydrogen-bond acceptors (Lipinski definition) is 4. The highest BCUT2D eigenvalue weighted by atomic mass is 19.4. The number of halogens is 12. The molecule has 16 heteroatoms. The molecule has 216 valence electrons. The predicted octanol–water partition coefficient (Wildman–Crippen LogP) is 7.23. The normalized spacial score (nSPS) is 23.7. The van der Waals surface area contributed by atoms with Gasteiger partial charge in [0.15, 0.2) is 0 Å². The zero-order valence-electron chi connectivity index (χ0n) is 19.8. The monoisotopic (exact) mass is 568 g/mol. The molecule has 0 heterocycles. The smallest absolute Gasteiger partial charge is 0.437 e. The van der Waals surface area contributed by atoms with Crippen LogP contribution < -0.4 is 0 Å². The lowest BCUT2D eigenvalue weighted by atomic mass is 9.64. The summed E-state index contributed by atoms with van der Waals surface area (Å²) < 4.78 is 174. The van der Waals surface area contributed by atoms with E-state index in [-0.39, 0.29) is 25.8 Å². The molecular formula is C21H24F12O4. The van der Waals surface area contributed by atoms with Gasteiger partial charge in [0.2, 0.25) is 0 Å². The number of ether oxygens (including phenoxy) is 2. The third-order valence-electron chi connectivity index (χ3n) is 6.23.